The highest BCUT2D eigenvalue weighted by molar-refractivity contribution is 5.35. The first-order valence-electron chi connectivity index (χ1n) is 4.58. The molecule has 0 heterocycles. The molecule has 0 atom stereocenters. The Hall–Kier alpha value is -1.51. The predicted octanol–water partition coefficient (Wildman–Crippen LogP) is 2.48. The number of hydrogen-bond acceptors (Lipinski definition) is 2. The Labute approximate surface area is 81.8 Å². The van der Waals surface area contributed by atoms with Crippen molar-refractivity contribution in [1.29, 1.82) is 0 Å². The Kier molecular flexibility index (Phi) is 2.15. The Bertz CT molecular complexity index is 392. The van der Waals surface area contributed by atoms with Crippen molar-refractivity contribution < 1.29 is 5.11 Å². The third kappa shape index (κ3) is 1.58. The standard InChI is InChI=1S/C10H11N3O/c11-13-12-7-8-3-1-2-4-9(8)10(14)5-6-10/h1-4,14H,5-7H2. The lowest BCUT2D eigenvalue weighted by molar-refractivity contribution is 0.150. The topological polar surface area (TPSA) is 69.0 Å². The largest absolute Gasteiger partial charge is 0.385 e. The van der Waals surface area contributed by atoms with Gasteiger partial charge in [-0.2, -0.15) is 0 Å². The molecule has 0 radical (unpaired) electrons. The molecule has 1 saturated carbocycles. The van der Waals surface area contributed by atoms with Crippen LogP contribution in [-0.2, 0) is 12.1 Å². The van der Waals surface area contributed by atoms with Gasteiger partial charge in [-0.3, -0.25) is 0 Å². The van der Waals surface area contributed by atoms with Crippen molar-refractivity contribution in [1.82, 2.24) is 0 Å². The maximum atomic E-state index is 9.95. The minimum Gasteiger partial charge on any atom is -0.385 e. The highest BCUT2D eigenvalue weighted by Crippen LogP contribution is 2.46. The fraction of sp³-hybridized carbons (Fsp3) is 0.400. The van der Waals surface area contributed by atoms with Gasteiger partial charge in [0.2, 0.25) is 0 Å². The summed E-state index contributed by atoms with van der Waals surface area (Å²) >= 11 is 0. The monoisotopic (exact) mass is 189 g/mol. The molecule has 1 aliphatic rings. The molecule has 1 fully saturated rings. The predicted molar refractivity (Wildman–Crippen MR) is 52.4 cm³/mol. The van der Waals surface area contributed by atoms with Gasteiger partial charge in [-0.25, -0.2) is 0 Å². The molecule has 1 N–H and O–H groups in total. The van der Waals surface area contributed by atoms with E-state index in [1.165, 1.54) is 0 Å². The molecule has 4 heteroatoms. The van der Waals surface area contributed by atoms with E-state index in [4.69, 9.17) is 5.53 Å². The van der Waals surface area contributed by atoms with Crippen molar-refractivity contribution in [3.05, 3.63) is 45.8 Å². The number of aliphatic hydroxyl groups is 1. The quantitative estimate of drug-likeness (QED) is 0.443. The minimum absolute atomic E-state index is 0.314. The van der Waals surface area contributed by atoms with E-state index in [-0.39, 0.29) is 0 Å². The number of azide groups is 1. The number of nitrogens with zero attached hydrogens (tertiary/aromatic N) is 3. The summed E-state index contributed by atoms with van der Waals surface area (Å²) in [6.07, 6.45) is 1.61. The first-order valence-corrected chi connectivity index (χ1v) is 4.58. The highest BCUT2D eigenvalue weighted by atomic mass is 16.3. The van der Waals surface area contributed by atoms with Gasteiger partial charge in [-0.15, -0.1) is 0 Å². The maximum absolute atomic E-state index is 9.95. The SMILES string of the molecule is [N-]=[N+]=NCc1ccccc1C1(O)CC1. The summed E-state index contributed by atoms with van der Waals surface area (Å²) in [5.74, 6) is 0. The second-order valence-electron chi connectivity index (χ2n) is 3.58. The second-order valence-corrected chi connectivity index (χ2v) is 3.58. The fourth-order valence-corrected chi connectivity index (χ4v) is 1.61. The van der Waals surface area contributed by atoms with Crippen LogP contribution in [0.3, 0.4) is 0 Å². The van der Waals surface area contributed by atoms with Crippen molar-refractivity contribution in [3.8, 4) is 0 Å². The lowest BCUT2D eigenvalue weighted by Gasteiger charge is -2.12. The van der Waals surface area contributed by atoms with Gasteiger partial charge >= 0.3 is 0 Å². The summed E-state index contributed by atoms with van der Waals surface area (Å²) in [5.41, 5.74) is 9.41. The molecule has 0 saturated heterocycles. The van der Waals surface area contributed by atoms with Gasteiger partial charge in [0.25, 0.3) is 0 Å². The van der Waals surface area contributed by atoms with Crippen LogP contribution in [0.5, 0.6) is 0 Å². The van der Waals surface area contributed by atoms with E-state index in [2.05, 4.69) is 10.0 Å². The molecule has 2 rings (SSSR count). The third-order valence-corrected chi connectivity index (χ3v) is 2.55. The van der Waals surface area contributed by atoms with Crippen molar-refractivity contribution in [3.63, 3.8) is 0 Å². The third-order valence-electron chi connectivity index (χ3n) is 2.55. The Morgan fingerprint density at radius 3 is 2.79 bits per heavy atom. The first-order chi connectivity index (χ1) is 6.76. The van der Waals surface area contributed by atoms with Crippen LogP contribution in [0.2, 0.25) is 0 Å². The van der Waals surface area contributed by atoms with Crippen LogP contribution < -0.4 is 0 Å². The molecular weight excluding hydrogens is 178 g/mol. The van der Waals surface area contributed by atoms with Crippen molar-refractivity contribution in [2.24, 2.45) is 5.11 Å². The average Bonchev–Trinajstić information content (AvgIpc) is 2.95. The van der Waals surface area contributed by atoms with Crippen molar-refractivity contribution in [2.75, 3.05) is 0 Å². The maximum Gasteiger partial charge on any atom is 0.0901 e. The second kappa shape index (κ2) is 3.33. The smallest absolute Gasteiger partial charge is 0.0901 e. The summed E-state index contributed by atoms with van der Waals surface area (Å²) in [6, 6.07) is 7.57. The molecule has 0 aliphatic heterocycles. The Morgan fingerprint density at radius 1 is 1.43 bits per heavy atom. The number of hydrogen-bond donors (Lipinski definition) is 1. The van der Waals surface area contributed by atoms with Crippen LogP contribution in [0.1, 0.15) is 24.0 Å². The zero-order valence-corrected chi connectivity index (χ0v) is 7.72. The van der Waals surface area contributed by atoms with E-state index in [0.29, 0.717) is 6.54 Å². The lowest BCUT2D eigenvalue weighted by Crippen LogP contribution is -2.07. The molecular formula is C10H11N3O. The summed E-state index contributed by atoms with van der Waals surface area (Å²) < 4.78 is 0. The molecule has 0 amide bonds. The molecule has 0 spiro atoms. The summed E-state index contributed by atoms with van der Waals surface area (Å²) in [7, 11) is 0. The molecule has 4 nitrogen and oxygen atoms in total. The Morgan fingerprint density at radius 2 is 2.14 bits per heavy atom. The summed E-state index contributed by atoms with van der Waals surface area (Å²) in [6.45, 7) is 0.314. The molecule has 14 heavy (non-hydrogen) atoms. The normalized spacial score (nSPS) is 17.2. The fourth-order valence-electron chi connectivity index (χ4n) is 1.61. The first kappa shape index (κ1) is 9.06. The van der Waals surface area contributed by atoms with Crippen LogP contribution in [0.25, 0.3) is 10.4 Å². The van der Waals surface area contributed by atoms with E-state index >= 15 is 0 Å². The molecule has 1 aromatic rings. The van der Waals surface area contributed by atoms with Gasteiger partial charge in [-0.1, -0.05) is 29.4 Å². The molecule has 0 aromatic heterocycles. The van der Waals surface area contributed by atoms with E-state index in [0.717, 1.165) is 24.0 Å². The molecule has 72 valence electrons. The Balaban J connectivity index is 2.33. The van der Waals surface area contributed by atoms with Crippen LogP contribution in [-0.4, -0.2) is 5.11 Å². The van der Waals surface area contributed by atoms with Gasteiger partial charge in [-0.05, 0) is 29.5 Å². The molecule has 0 bridgehead atoms. The summed E-state index contributed by atoms with van der Waals surface area (Å²) in [5, 5.41) is 13.5. The van der Waals surface area contributed by atoms with Gasteiger partial charge in [0.15, 0.2) is 0 Å². The van der Waals surface area contributed by atoms with Crippen molar-refractivity contribution in [2.45, 2.75) is 25.0 Å². The highest BCUT2D eigenvalue weighted by Gasteiger charge is 2.43. The molecule has 1 aromatic carbocycles. The van der Waals surface area contributed by atoms with E-state index in [1.807, 2.05) is 24.3 Å². The van der Waals surface area contributed by atoms with Gasteiger partial charge in [0.05, 0.1) is 12.1 Å². The number of rotatable bonds is 3. The van der Waals surface area contributed by atoms with Crippen LogP contribution in [0.4, 0.5) is 0 Å². The van der Waals surface area contributed by atoms with Crippen molar-refractivity contribution >= 4 is 0 Å². The van der Waals surface area contributed by atoms with Crippen LogP contribution in [0.15, 0.2) is 29.4 Å². The molecule has 0 unspecified atom stereocenters. The molecule has 1 aliphatic carbocycles. The lowest BCUT2D eigenvalue weighted by atomic mass is 10.0. The van der Waals surface area contributed by atoms with Gasteiger partial charge < -0.3 is 5.11 Å². The minimum atomic E-state index is -0.651. The zero-order chi connectivity index (χ0) is 10.0. The zero-order valence-electron chi connectivity index (χ0n) is 7.72. The number of benzene rings is 1. The van der Waals surface area contributed by atoms with Crippen LogP contribution in [0, 0.1) is 0 Å². The van der Waals surface area contributed by atoms with E-state index < -0.39 is 5.60 Å². The van der Waals surface area contributed by atoms with Crippen LogP contribution >= 0.6 is 0 Å². The summed E-state index contributed by atoms with van der Waals surface area (Å²) in [4.78, 5) is 2.72. The van der Waals surface area contributed by atoms with Gasteiger partial charge in [0.1, 0.15) is 0 Å². The van der Waals surface area contributed by atoms with E-state index in [9.17, 15) is 5.11 Å². The van der Waals surface area contributed by atoms with E-state index in [1.54, 1.807) is 0 Å². The van der Waals surface area contributed by atoms with Gasteiger partial charge in [0, 0.05) is 4.91 Å². The average molecular weight is 189 g/mol.